The molecule has 0 aliphatic carbocycles. The molecule has 0 saturated heterocycles. The standard InChI is InChI=1S/C20H19N5O2S/c1-25(11-7-13-5-9-21-10-6-13)20(27)14-12-28-17-16(14)23-18(24-19(17)26)15-4-2-3-8-22-15/h2-6,8-10,12,20,27H,7,11H2,1H3,(H,23,24,26). The number of pyridine rings is 2. The van der Waals surface area contributed by atoms with Crippen LogP contribution in [0.4, 0.5) is 0 Å². The summed E-state index contributed by atoms with van der Waals surface area (Å²) in [6, 6.07) is 9.34. The Morgan fingerprint density at radius 1 is 1.21 bits per heavy atom. The lowest BCUT2D eigenvalue weighted by molar-refractivity contribution is 0.0229. The van der Waals surface area contributed by atoms with E-state index in [0.717, 1.165) is 12.0 Å². The van der Waals surface area contributed by atoms with Gasteiger partial charge in [-0.25, -0.2) is 4.98 Å². The van der Waals surface area contributed by atoms with E-state index >= 15 is 0 Å². The second-order valence-corrected chi connectivity index (χ2v) is 7.34. The lowest BCUT2D eigenvalue weighted by atomic mass is 10.1. The molecular weight excluding hydrogens is 374 g/mol. The van der Waals surface area contributed by atoms with Gasteiger partial charge >= 0.3 is 0 Å². The van der Waals surface area contributed by atoms with Crippen molar-refractivity contribution in [2.75, 3.05) is 13.6 Å². The van der Waals surface area contributed by atoms with Gasteiger partial charge in [-0.1, -0.05) is 6.07 Å². The maximum absolute atomic E-state index is 12.5. The Hall–Kier alpha value is -2.94. The molecule has 4 aromatic rings. The summed E-state index contributed by atoms with van der Waals surface area (Å²) in [5, 5.41) is 12.7. The van der Waals surface area contributed by atoms with E-state index in [-0.39, 0.29) is 5.56 Å². The number of hydrogen-bond acceptors (Lipinski definition) is 7. The fourth-order valence-electron chi connectivity index (χ4n) is 2.97. The zero-order valence-electron chi connectivity index (χ0n) is 15.2. The molecule has 0 spiro atoms. The molecule has 1 atom stereocenters. The molecule has 0 aromatic carbocycles. The van der Waals surface area contributed by atoms with Crippen molar-refractivity contribution in [2.24, 2.45) is 0 Å². The quantitative estimate of drug-likeness (QED) is 0.489. The highest BCUT2D eigenvalue weighted by Gasteiger charge is 2.21. The number of aromatic amines is 1. The summed E-state index contributed by atoms with van der Waals surface area (Å²) in [4.78, 5) is 29.9. The van der Waals surface area contributed by atoms with Crippen LogP contribution >= 0.6 is 11.3 Å². The Morgan fingerprint density at radius 2 is 2.04 bits per heavy atom. The van der Waals surface area contributed by atoms with Crippen molar-refractivity contribution >= 4 is 21.6 Å². The van der Waals surface area contributed by atoms with Crippen molar-refractivity contribution in [1.82, 2.24) is 24.8 Å². The Kier molecular flexibility index (Phi) is 5.25. The minimum absolute atomic E-state index is 0.228. The number of fused-ring (bicyclic) bond motifs is 1. The second-order valence-electron chi connectivity index (χ2n) is 6.46. The molecule has 4 aromatic heterocycles. The Balaban J connectivity index is 1.62. The van der Waals surface area contributed by atoms with Crippen LogP contribution in [0.3, 0.4) is 0 Å². The van der Waals surface area contributed by atoms with E-state index in [9.17, 15) is 9.90 Å². The van der Waals surface area contributed by atoms with Crippen LogP contribution in [0.2, 0.25) is 0 Å². The van der Waals surface area contributed by atoms with Crippen LogP contribution in [-0.4, -0.2) is 43.5 Å². The number of thiophene rings is 1. The molecule has 28 heavy (non-hydrogen) atoms. The summed E-state index contributed by atoms with van der Waals surface area (Å²) in [6.07, 6.45) is 5.09. The normalized spacial score (nSPS) is 12.5. The van der Waals surface area contributed by atoms with Gasteiger partial charge < -0.3 is 10.1 Å². The number of H-pyrrole nitrogens is 1. The van der Waals surface area contributed by atoms with E-state index < -0.39 is 6.23 Å². The number of rotatable bonds is 6. The average molecular weight is 393 g/mol. The lowest BCUT2D eigenvalue weighted by Gasteiger charge is -2.23. The highest BCUT2D eigenvalue weighted by Crippen LogP contribution is 2.29. The molecule has 0 amide bonds. The topological polar surface area (TPSA) is 95.0 Å². The summed E-state index contributed by atoms with van der Waals surface area (Å²) < 4.78 is 0.497. The molecule has 4 rings (SSSR count). The number of nitrogens with one attached hydrogen (secondary N) is 1. The molecule has 2 N–H and O–H groups in total. The summed E-state index contributed by atoms with van der Waals surface area (Å²) in [6.45, 7) is 0.652. The third kappa shape index (κ3) is 3.70. The van der Waals surface area contributed by atoms with E-state index in [0.29, 0.717) is 33.8 Å². The number of aliphatic hydroxyl groups is 1. The van der Waals surface area contributed by atoms with Gasteiger partial charge in [-0.15, -0.1) is 11.3 Å². The molecule has 1 unspecified atom stereocenters. The first-order valence-corrected chi connectivity index (χ1v) is 9.71. The van der Waals surface area contributed by atoms with Crippen LogP contribution < -0.4 is 5.56 Å². The third-order valence-corrected chi connectivity index (χ3v) is 5.55. The lowest BCUT2D eigenvalue weighted by Crippen LogP contribution is -2.26. The van der Waals surface area contributed by atoms with Crippen LogP contribution in [-0.2, 0) is 6.42 Å². The average Bonchev–Trinajstić information content (AvgIpc) is 3.17. The maximum Gasteiger partial charge on any atom is 0.269 e. The molecule has 0 aliphatic rings. The summed E-state index contributed by atoms with van der Waals surface area (Å²) in [5.74, 6) is 0.393. The van der Waals surface area contributed by atoms with Crippen molar-refractivity contribution in [3.63, 3.8) is 0 Å². The Morgan fingerprint density at radius 3 is 2.79 bits per heavy atom. The van der Waals surface area contributed by atoms with Gasteiger partial charge in [0.1, 0.15) is 16.6 Å². The fourth-order valence-corrected chi connectivity index (χ4v) is 3.88. The van der Waals surface area contributed by atoms with Crippen LogP contribution in [0.15, 0.2) is 59.1 Å². The molecule has 8 heteroatoms. The van der Waals surface area contributed by atoms with Crippen molar-refractivity contribution in [3.8, 4) is 11.5 Å². The van der Waals surface area contributed by atoms with Crippen LogP contribution in [0, 0.1) is 0 Å². The first kappa shape index (κ1) is 18.4. The molecular formula is C20H19N5O2S. The molecule has 0 fully saturated rings. The molecule has 0 aliphatic heterocycles. The Bertz CT molecular complexity index is 1130. The summed E-state index contributed by atoms with van der Waals surface area (Å²) >= 11 is 1.28. The molecule has 0 bridgehead atoms. The molecule has 0 radical (unpaired) electrons. The molecule has 0 saturated carbocycles. The number of aliphatic hydroxyl groups excluding tert-OH is 1. The van der Waals surface area contributed by atoms with Gasteiger partial charge in [-0.3, -0.25) is 19.7 Å². The summed E-state index contributed by atoms with van der Waals surface area (Å²) in [5.41, 5.74) is 2.64. The van der Waals surface area contributed by atoms with Gasteiger partial charge in [0.15, 0.2) is 5.82 Å². The smallest absolute Gasteiger partial charge is 0.269 e. The monoisotopic (exact) mass is 393 g/mol. The van der Waals surface area contributed by atoms with Gasteiger partial charge in [-0.05, 0) is 43.3 Å². The van der Waals surface area contributed by atoms with Crippen molar-refractivity contribution in [1.29, 1.82) is 0 Å². The van der Waals surface area contributed by atoms with Gasteiger partial charge in [0, 0.05) is 36.1 Å². The first-order chi connectivity index (χ1) is 13.6. The predicted octanol–water partition coefficient (Wildman–Crippen LogP) is 2.61. The molecule has 7 nitrogen and oxygen atoms in total. The van der Waals surface area contributed by atoms with Crippen molar-refractivity contribution < 1.29 is 5.11 Å². The predicted molar refractivity (Wildman–Crippen MR) is 109 cm³/mol. The first-order valence-electron chi connectivity index (χ1n) is 8.83. The second kappa shape index (κ2) is 7.97. The van der Waals surface area contributed by atoms with Gasteiger partial charge in [0.25, 0.3) is 5.56 Å². The van der Waals surface area contributed by atoms with Gasteiger partial charge in [0.2, 0.25) is 0 Å². The number of nitrogens with zero attached hydrogens (tertiary/aromatic N) is 4. The minimum atomic E-state index is -0.860. The van der Waals surface area contributed by atoms with E-state index in [1.807, 2.05) is 30.1 Å². The number of likely N-dealkylation sites (N-methyl/N-ethyl adjacent to an activating group) is 1. The Labute approximate surface area is 165 Å². The van der Waals surface area contributed by atoms with Gasteiger partial charge in [-0.2, -0.15) is 0 Å². The van der Waals surface area contributed by atoms with E-state index in [4.69, 9.17) is 0 Å². The van der Waals surface area contributed by atoms with Crippen LogP contribution in [0.1, 0.15) is 17.4 Å². The zero-order chi connectivity index (χ0) is 19.5. The van der Waals surface area contributed by atoms with E-state index in [1.54, 1.807) is 36.1 Å². The number of hydrogen-bond donors (Lipinski definition) is 2. The SMILES string of the molecule is CN(CCc1ccncc1)C(O)c1csc2c(=O)[nH]c(-c3ccccn3)nc12. The van der Waals surface area contributed by atoms with Crippen molar-refractivity contribution in [3.05, 3.63) is 75.8 Å². The highest BCUT2D eigenvalue weighted by molar-refractivity contribution is 7.17. The van der Waals surface area contributed by atoms with E-state index in [1.165, 1.54) is 11.3 Å². The van der Waals surface area contributed by atoms with Crippen molar-refractivity contribution in [2.45, 2.75) is 12.6 Å². The maximum atomic E-state index is 12.5. The van der Waals surface area contributed by atoms with Crippen LogP contribution in [0.5, 0.6) is 0 Å². The third-order valence-electron chi connectivity index (χ3n) is 4.56. The largest absolute Gasteiger partial charge is 0.374 e. The summed E-state index contributed by atoms with van der Waals surface area (Å²) in [7, 11) is 1.85. The van der Waals surface area contributed by atoms with Gasteiger partial charge in [0.05, 0.1) is 5.52 Å². The number of aromatic nitrogens is 4. The zero-order valence-corrected chi connectivity index (χ0v) is 16.1. The molecule has 142 valence electrons. The van der Waals surface area contributed by atoms with E-state index in [2.05, 4.69) is 19.9 Å². The fraction of sp³-hybridized carbons (Fsp3) is 0.200. The molecule has 4 heterocycles. The highest BCUT2D eigenvalue weighted by atomic mass is 32.1. The minimum Gasteiger partial charge on any atom is -0.374 e. The van der Waals surface area contributed by atoms with Crippen LogP contribution in [0.25, 0.3) is 21.7 Å².